The third kappa shape index (κ3) is 5.56. The molecule has 1 fully saturated rings. The summed E-state index contributed by atoms with van der Waals surface area (Å²) >= 11 is 0. The fourth-order valence-corrected chi connectivity index (χ4v) is 3.54. The van der Waals surface area contributed by atoms with Crippen LogP contribution >= 0.6 is 12.4 Å². The van der Waals surface area contributed by atoms with E-state index in [9.17, 15) is 9.59 Å². The van der Waals surface area contributed by atoms with Gasteiger partial charge in [-0.15, -0.1) is 12.4 Å². The molecule has 0 saturated heterocycles. The van der Waals surface area contributed by atoms with Gasteiger partial charge in [0.15, 0.2) is 0 Å². The number of hydrogen-bond donors (Lipinski definition) is 3. The van der Waals surface area contributed by atoms with Gasteiger partial charge in [0.05, 0.1) is 6.20 Å². The van der Waals surface area contributed by atoms with Gasteiger partial charge in [0.25, 0.3) is 0 Å². The van der Waals surface area contributed by atoms with Crippen LogP contribution in [0.25, 0.3) is 0 Å². The maximum Gasteiger partial charge on any atom is 0.246 e. The first-order valence-corrected chi connectivity index (χ1v) is 9.44. The van der Waals surface area contributed by atoms with Crippen molar-refractivity contribution in [2.75, 3.05) is 17.7 Å². The summed E-state index contributed by atoms with van der Waals surface area (Å²) < 4.78 is 1.66. The highest BCUT2D eigenvalue weighted by atomic mass is 35.5. The molecule has 2 amide bonds. The second-order valence-corrected chi connectivity index (χ2v) is 7.06. The van der Waals surface area contributed by atoms with Crippen molar-refractivity contribution in [3.05, 3.63) is 42.2 Å². The molecule has 28 heavy (non-hydrogen) atoms. The van der Waals surface area contributed by atoms with Crippen LogP contribution in [0, 0.1) is 5.92 Å². The smallest absolute Gasteiger partial charge is 0.246 e. The molecule has 1 atom stereocenters. The topological polar surface area (TPSA) is 88.1 Å². The lowest BCUT2D eigenvalue weighted by atomic mass is 9.88. The van der Waals surface area contributed by atoms with Crippen molar-refractivity contribution in [1.82, 2.24) is 15.1 Å². The first-order chi connectivity index (χ1) is 13.1. The van der Waals surface area contributed by atoms with E-state index in [2.05, 4.69) is 21.0 Å². The highest BCUT2D eigenvalue weighted by Gasteiger charge is 2.22. The Balaban J connectivity index is 0.00000280. The number of halogens is 1. The predicted molar refractivity (Wildman–Crippen MR) is 113 cm³/mol. The largest absolute Gasteiger partial charge is 0.326 e. The van der Waals surface area contributed by atoms with Crippen LogP contribution in [0.2, 0.25) is 0 Å². The second kappa shape index (κ2) is 10.2. The SMILES string of the molecule is CNC(C(=O)Nc1cccc(NC(=O)C2CCCCC2)c1)c1cnn(C)c1.Cl. The summed E-state index contributed by atoms with van der Waals surface area (Å²) in [6, 6.07) is 6.76. The summed E-state index contributed by atoms with van der Waals surface area (Å²) in [4.78, 5) is 25.1. The van der Waals surface area contributed by atoms with E-state index in [1.165, 1.54) is 6.42 Å². The average Bonchev–Trinajstić information content (AvgIpc) is 3.09. The molecule has 152 valence electrons. The molecule has 2 aromatic rings. The fourth-order valence-electron chi connectivity index (χ4n) is 3.54. The number of anilines is 2. The summed E-state index contributed by atoms with van der Waals surface area (Å²) in [6.45, 7) is 0. The molecular weight excluding hydrogens is 378 g/mol. The van der Waals surface area contributed by atoms with E-state index < -0.39 is 6.04 Å². The Morgan fingerprint density at radius 2 is 1.82 bits per heavy atom. The molecule has 3 N–H and O–H groups in total. The molecule has 1 aliphatic carbocycles. The summed E-state index contributed by atoms with van der Waals surface area (Å²) in [5.74, 6) is -0.0147. The number of nitrogens with zero attached hydrogens (tertiary/aromatic N) is 2. The van der Waals surface area contributed by atoms with E-state index in [0.29, 0.717) is 11.4 Å². The minimum atomic E-state index is -0.501. The summed E-state index contributed by atoms with van der Waals surface area (Å²) in [7, 11) is 3.55. The lowest BCUT2D eigenvalue weighted by molar-refractivity contribution is -0.120. The number of carbonyl (C=O) groups excluding carboxylic acids is 2. The van der Waals surface area contributed by atoms with Crippen molar-refractivity contribution >= 4 is 35.6 Å². The van der Waals surface area contributed by atoms with Gasteiger partial charge in [0.2, 0.25) is 11.8 Å². The Morgan fingerprint density at radius 3 is 2.43 bits per heavy atom. The number of nitrogens with one attached hydrogen (secondary N) is 3. The third-order valence-corrected chi connectivity index (χ3v) is 4.98. The molecule has 1 unspecified atom stereocenters. The van der Waals surface area contributed by atoms with Gasteiger partial charge in [-0.25, -0.2) is 0 Å². The number of aryl methyl sites for hydroxylation is 1. The van der Waals surface area contributed by atoms with Crippen LogP contribution in [0.15, 0.2) is 36.7 Å². The Kier molecular flexibility index (Phi) is 8.02. The first kappa shape index (κ1) is 21.9. The molecule has 7 nitrogen and oxygen atoms in total. The predicted octanol–water partition coefficient (Wildman–Crippen LogP) is 3.26. The molecule has 1 saturated carbocycles. The van der Waals surface area contributed by atoms with Crippen LogP contribution in [-0.4, -0.2) is 28.6 Å². The number of aromatic nitrogens is 2. The summed E-state index contributed by atoms with van der Waals surface area (Å²) in [5, 5.41) is 13.0. The molecule has 1 heterocycles. The zero-order valence-electron chi connectivity index (χ0n) is 16.3. The maximum atomic E-state index is 12.6. The van der Waals surface area contributed by atoms with Gasteiger partial charge in [0.1, 0.15) is 6.04 Å². The maximum absolute atomic E-state index is 12.6. The minimum absolute atomic E-state index is 0. The molecule has 8 heteroatoms. The lowest BCUT2D eigenvalue weighted by Gasteiger charge is -2.21. The number of carbonyl (C=O) groups is 2. The van der Waals surface area contributed by atoms with Crippen molar-refractivity contribution in [2.45, 2.75) is 38.1 Å². The van der Waals surface area contributed by atoms with E-state index in [1.807, 2.05) is 31.4 Å². The van der Waals surface area contributed by atoms with Crippen LogP contribution in [0.4, 0.5) is 11.4 Å². The molecule has 1 aliphatic rings. The summed E-state index contributed by atoms with van der Waals surface area (Å²) in [6.07, 6.45) is 8.84. The number of rotatable bonds is 6. The number of benzene rings is 1. The van der Waals surface area contributed by atoms with Crippen molar-refractivity contribution in [1.29, 1.82) is 0 Å². The van der Waals surface area contributed by atoms with E-state index >= 15 is 0 Å². The Labute approximate surface area is 171 Å². The van der Waals surface area contributed by atoms with Gasteiger partial charge in [0, 0.05) is 36.1 Å². The van der Waals surface area contributed by atoms with E-state index in [4.69, 9.17) is 0 Å². The van der Waals surface area contributed by atoms with Crippen LogP contribution in [0.1, 0.15) is 43.7 Å². The van der Waals surface area contributed by atoms with Crippen molar-refractivity contribution in [3.8, 4) is 0 Å². The molecular formula is C20H28ClN5O2. The quantitative estimate of drug-likeness (QED) is 0.688. The highest BCUT2D eigenvalue weighted by molar-refractivity contribution is 5.97. The summed E-state index contributed by atoms with van der Waals surface area (Å²) in [5.41, 5.74) is 2.13. The molecule has 0 radical (unpaired) electrons. The van der Waals surface area contributed by atoms with Crippen LogP contribution in [0.3, 0.4) is 0 Å². The van der Waals surface area contributed by atoms with Gasteiger partial charge < -0.3 is 16.0 Å². The molecule has 1 aromatic heterocycles. The van der Waals surface area contributed by atoms with Gasteiger partial charge in [-0.1, -0.05) is 25.3 Å². The molecule has 0 aliphatic heterocycles. The van der Waals surface area contributed by atoms with Gasteiger partial charge in [-0.3, -0.25) is 14.3 Å². The van der Waals surface area contributed by atoms with E-state index in [0.717, 1.165) is 31.2 Å². The second-order valence-electron chi connectivity index (χ2n) is 7.06. The van der Waals surface area contributed by atoms with E-state index in [-0.39, 0.29) is 30.1 Å². The molecule has 0 spiro atoms. The van der Waals surface area contributed by atoms with E-state index in [1.54, 1.807) is 24.0 Å². The number of amides is 2. The zero-order chi connectivity index (χ0) is 19.2. The van der Waals surface area contributed by atoms with Crippen LogP contribution < -0.4 is 16.0 Å². The number of hydrogen-bond acceptors (Lipinski definition) is 4. The van der Waals surface area contributed by atoms with Crippen molar-refractivity contribution in [2.24, 2.45) is 13.0 Å². The van der Waals surface area contributed by atoms with Crippen molar-refractivity contribution in [3.63, 3.8) is 0 Å². The Bertz CT molecular complexity index is 801. The molecule has 0 bridgehead atoms. The van der Waals surface area contributed by atoms with Gasteiger partial charge in [-0.2, -0.15) is 5.10 Å². The van der Waals surface area contributed by atoms with Crippen molar-refractivity contribution < 1.29 is 9.59 Å². The highest BCUT2D eigenvalue weighted by Crippen LogP contribution is 2.25. The zero-order valence-corrected chi connectivity index (χ0v) is 17.1. The third-order valence-electron chi connectivity index (χ3n) is 4.98. The van der Waals surface area contributed by atoms with Gasteiger partial charge in [-0.05, 0) is 38.1 Å². The van der Waals surface area contributed by atoms with Crippen LogP contribution in [0.5, 0.6) is 0 Å². The standard InChI is InChI=1S/C20H27N5O2.ClH/c1-21-18(15-12-22-25(2)13-15)20(27)24-17-10-6-9-16(11-17)23-19(26)14-7-4-3-5-8-14;/h6,9-14,18,21H,3-5,7-8H2,1-2H3,(H,23,26)(H,24,27);1H. The molecule has 3 rings (SSSR count). The van der Waals surface area contributed by atoms with Gasteiger partial charge >= 0.3 is 0 Å². The fraction of sp³-hybridized carbons (Fsp3) is 0.450. The molecule has 1 aromatic carbocycles. The normalized spacial score (nSPS) is 15.4. The Hall–Kier alpha value is -2.38. The van der Waals surface area contributed by atoms with Crippen LogP contribution in [-0.2, 0) is 16.6 Å². The monoisotopic (exact) mass is 405 g/mol. The lowest BCUT2D eigenvalue weighted by Crippen LogP contribution is -2.30. The average molecular weight is 406 g/mol. The Morgan fingerprint density at radius 1 is 1.14 bits per heavy atom. The first-order valence-electron chi connectivity index (χ1n) is 9.44. The minimum Gasteiger partial charge on any atom is -0.326 e. The number of likely N-dealkylation sites (N-methyl/N-ethyl adjacent to an activating group) is 1.